The van der Waals surface area contributed by atoms with E-state index in [1.165, 1.54) is 0 Å². The largest absolute Gasteiger partial charge is 0.480 e. The fraction of sp³-hybridized carbons (Fsp3) is 0.698. The highest BCUT2D eigenvalue weighted by atomic mass is 28.4. The third-order valence-corrected chi connectivity index (χ3v) is 30.9. The number of nitrogens with zero attached hydrogens (tertiary/aromatic N) is 2. The van der Waals surface area contributed by atoms with Gasteiger partial charge in [0.1, 0.15) is 6.04 Å². The van der Waals surface area contributed by atoms with Crippen LogP contribution in [0.25, 0.3) is 0 Å². The van der Waals surface area contributed by atoms with Crippen molar-refractivity contribution < 1.29 is 37.2 Å². The van der Waals surface area contributed by atoms with Gasteiger partial charge in [0.05, 0.1) is 49.2 Å². The number of aromatic nitrogens is 2. The van der Waals surface area contributed by atoms with Crippen molar-refractivity contribution in [1.82, 2.24) is 20.6 Å². The van der Waals surface area contributed by atoms with Gasteiger partial charge in [0.15, 0.2) is 33.3 Å². The Balaban J connectivity index is 2.41. The van der Waals surface area contributed by atoms with Crippen molar-refractivity contribution in [3.8, 4) is 0 Å². The Kier molecular flexibility index (Phi) is 17.1. The second kappa shape index (κ2) is 19.2. The fourth-order valence-corrected chi connectivity index (χ4v) is 8.25. The molecule has 1 atom stereocenters. The van der Waals surface area contributed by atoms with E-state index >= 15 is 0 Å². The smallest absolute Gasteiger partial charge is 0.328 e. The molecule has 2 heterocycles. The summed E-state index contributed by atoms with van der Waals surface area (Å²) in [5.74, 6) is -2.42. The molecule has 0 aliphatic carbocycles. The average Bonchev–Trinajstić information content (AvgIpc) is 3.07. The second-order valence-electron chi connectivity index (χ2n) is 21.9. The molecule has 0 saturated carbocycles. The summed E-state index contributed by atoms with van der Waals surface area (Å²) in [5, 5.41) is 15.5. The Hall–Kier alpha value is -2.58. The lowest BCUT2D eigenvalue weighted by Crippen LogP contribution is -2.48. The van der Waals surface area contributed by atoms with Crippen LogP contribution in [0.3, 0.4) is 0 Å². The molecular weight excluding hydrogens is 813 g/mol. The van der Waals surface area contributed by atoms with E-state index in [1.54, 1.807) is 24.3 Å². The molecule has 2 rings (SSSR count). The van der Waals surface area contributed by atoms with Crippen LogP contribution in [-0.4, -0.2) is 78.7 Å². The summed E-state index contributed by atoms with van der Waals surface area (Å²) in [5.41, 5.74) is 2.79. The van der Waals surface area contributed by atoms with Crippen LogP contribution in [0.1, 0.15) is 127 Å². The van der Waals surface area contributed by atoms with Crippen LogP contribution < -0.4 is 10.6 Å². The lowest BCUT2D eigenvalue weighted by atomic mass is 10.1. The van der Waals surface area contributed by atoms with Gasteiger partial charge < -0.3 is 33.4 Å². The Morgan fingerprint density at radius 3 is 1.02 bits per heavy atom. The van der Waals surface area contributed by atoms with Crippen LogP contribution in [0.4, 0.5) is 0 Å². The van der Waals surface area contributed by atoms with Crippen molar-refractivity contribution in [2.45, 2.75) is 188 Å². The molecule has 0 fully saturated rings. The summed E-state index contributed by atoms with van der Waals surface area (Å²) in [6.07, 6.45) is 0. The van der Waals surface area contributed by atoms with Gasteiger partial charge in [0.25, 0.3) is 11.8 Å². The molecule has 0 bridgehead atoms. The monoisotopic (exact) mass is 890 g/mol. The fourth-order valence-electron chi connectivity index (χ4n) is 4.48. The normalized spacial score (nSPS) is 14.2. The zero-order valence-corrected chi connectivity index (χ0v) is 44.1. The first-order chi connectivity index (χ1) is 26.4. The molecule has 0 aliphatic rings. The van der Waals surface area contributed by atoms with Crippen molar-refractivity contribution in [3.63, 3.8) is 0 Å². The molecule has 1 unspecified atom stereocenters. The van der Waals surface area contributed by atoms with Gasteiger partial charge in [-0.1, -0.05) is 83.1 Å². The van der Waals surface area contributed by atoms with Crippen LogP contribution in [-0.2, 0) is 48.9 Å². The Bertz CT molecular complexity index is 1690. The van der Waals surface area contributed by atoms with Crippen molar-refractivity contribution in [3.05, 3.63) is 58.2 Å². The van der Waals surface area contributed by atoms with E-state index in [-0.39, 0.29) is 58.7 Å². The minimum absolute atomic E-state index is 0.0249. The first-order valence-electron chi connectivity index (χ1n) is 20.8. The maximum absolute atomic E-state index is 13.8. The van der Waals surface area contributed by atoms with Crippen molar-refractivity contribution in [1.29, 1.82) is 0 Å². The van der Waals surface area contributed by atoms with Gasteiger partial charge in [-0.2, -0.15) is 0 Å². The summed E-state index contributed by atoms with van der Waals surface area (Å²) in [6.45, 7) is 43.6. The van der Waals surface area contributed by atoms with Gasteiger partial charge in [-0.05, 0) is 96.8 Å². The third-order valence-electron chi connectivity index (χ3n) is 13.0. The number of pyridine rings is 2. The van der Waals surface area contributed by atoms with E-state index in [1.807, 2.05) is 0 Å². The number of carbonyl (C=O) groups is 3. The van der Waals surface area contributed by atoms with Crippen LogP contribution in [0.5, 0.6) is 0 Å². The number of rotatable bonds is 18. The molecule has 0 aliphatic heterocycles. The number of nitrogens with one attached hydrogen (secondary N) is 2. The SMILES string of the molecule is CC(C)(C)[Si](C)(C)OCc1cc(C(=O)NCC(NC(=O)c2cc(CO[Si](C)(C)C(C)(C)C)nc(CO[Si](C)(C)C(C)(C)C)c2)C(=O)O)cc(CO[Si](C)(C)C(C)(C)C)n1. The number of carbonyl (C=O) groups excluding carboxylic acids is 2. The molecule has 0 radical (unpaired) electrons. The summed E-state index contributed by atoms with van der Waals surface area (Å²) in [7, 11) is -8.61. The van der Waals surface area contributed by atoms with Gasteiger partial charge >= 0.3 is 5.97 Å². The molecule has 59 heavy (non-hydrogen) atoms. The van der Waals surface area contributed by atoms with Crippen LogP contribution in [0, 0.1) is 0 Å². The summed E-state index contributed by atoms with van der Waals surface area (Å²) >= 11 is 0. The zero-order chi connectivity index (χ0) is 45.8. The maximum atomic E-state index is 13.8. The Morgan fingerprint density at radius 1 is 0.525 bits per heavy atom. The number of hydrogen-bond donors (Lipinski definition) is 3. The summed E-state index contributed by atoms with van der Waals surface area (Å²) in [4.78, 5) is 49.7. The standard InChI is InChI=1S/C43H78N4O8Si4/c1-40(2,3)56(13,14)52-26-32-21-30(22-33(45-32)27-53-57(15,16)41(4,5)6)37(48)44-25-36(39(50)51)47-38(49)31-23-34(28-54-58(17,18)42(7,8)9)46-35(24-31)29-55-59(19,20)43(10,11)12/h21-24,36H,25-29H2,1-20H3,(H,44,48)(H,47,49)(H,50,51). The Morgan fingerprint density at radius 2 is 0.780 bits per heavy atom. The predicted molar refractivity (Wildman–Crippen MR) is 248 cm³/mol. The maximum Gasteiger partial charge on any atom is 0.328 e. The molecule has 0 aromatic carbocycles. The second-order valence-corrected chi connectivity index (χ2v) is 41.2. The predicted octanol–water partition coefficient (Wildman–Crippen LogP) is 10.2. The van der Waals surface area contributed by atoms with Crippen molar-refractivity contribution in [2.75, 3.05) is 6.54 Å². The summed E-state index contributed by atoms with van der Waals surface area (Å²) < 4.78 is 25.9. The summed E-state index contributed by atoms with van der Waals surface area (Å²) in [6, 6.07) is 5.18. The van der Waals surface area contributed by atoms with Crippen molar-refractivity contribution >= 4 is 51.1 Å². The van der Waals surface area contributed by atoms with Crippen LogP contribution >= 0.6 is 0 Å². The molecule has 2 amide bonds. The molecule has 16 heteroatoms. The lowest BCUT2D eigenvalue weighted by Gasteiger charge is -2.36. The van der Waals surface area contributed by atoms with Gasteiger partial charge in [-0.25, -0.2) is 4.79 Å². The van der Waals surface area contributed by atoms with Crippen molar-refractivity contribution in [2.24, 2.45) is 0 Å². The van der Waals surface area contributed by atoms with E-state index in [9.17, 15) is 19.5 Å². The van der Waals surface area contributed by atoms with Gasteiger partial charge in [-0.15, -0.1) is 0 Å². The number of aliphatic carboxylic acids is 1. The highest BCUT2D eigenvalue weighted by Gasteiger charge is 2.40. The number of amides is 2. The highest BCUT2D eigenvalue weighted by Crippen LogP contribution is 2.40. The van der Waals surface area contributed by atoms with Gasteiger partial charge in [-0.3, -0.25) is 19.6 Å². The van der Waals surface area contributed by atoms with E-state index in [0.29, 0.717) is 28.3 Å². The highest BCUT2D eigenvalue weighted by molar-refractivity contribution is 6.75. The molecule has 12 nitrogen and oxygen atoms in total. The van der Waals surface area contributed by atoms with Crippen LogP contribution in [0.15, 0.2) is 24.3 Å². The molecule has 2 aromatic rings. The van der Waals surface area contributed by atoms with Gasteiger partial charge in [0.2, 0.25) is 0 Å². The quantitative estimate of drug-likeness (QED) is 0.123. The number of hydrogen-bond acceptors (Lipinski definition) is 9. The van der Waals surface area contributed by atoms with Gasteiger partial charge in [0, 0.05) is 17.7 Å². The number of carboxylic acids is 1. The minimum Gasteiger partial charge on any atom is -0.480 e. The molecule has 334 valence electrons. The molecular formula is C43H78N4O8Si4. The van der Waals surface area contributed by atoms with E-state index in [2.05, 4.69) is 146 Å². The zero-order valence-electron chi connectivity index (χ0n) is 40.1. The molecule has 2 aromatic heterocycles. The van der Waals surface area contributed by atoms with Crippen LogP contribution in [0.2, 0.25) is 72.5 Å². The molecule has 0 spiro atoms. The molecule has 3 N–H and O–H groups in total. The number of carboxylic acid groups (broad SMARTS) is 1. The first kappa shape index (κ1) is 52.6. The Labute approximate surface area is 360 Å². The van der Waals surface area contributed by atoms with E-state index in [4.69, 9.17) is 27.7 Å². The topological polar surface area (TPSA) is 158 Å². The first-order valence-corrected chi connectivity index (χ1v) is 32.4. The minimum atomic E-state index is -2.16. The van der Waals surface area contributed by atoms with E-state index in [0.717, 1.165) is 0 Å². The average molecular weight is 891 g/mol. The molecule has 0 saturated heterocycles. The van der Waals surface area contributed by atoms with E-state index < -0.39 is 57.1 Å². The lowest BCUT2D eigenvalue weighted by molar-refractivity contribution is -0.139. The third kappa shape index (κ3) is 15.1.